The number of aromatic nitrogens is 2. The maximum Gasteiger partial charge on any atom is 0.318 e. The Balaban J connectivity index is 1.23. The van der Waals surface area contributed by atoms with E-state index < -0.39 is 0 Å². The number of amides is 2. The SMILES string of the molecule is CC(NC(=O)N1CCc2cnc(Cc3ccc(F)cc3)nc2C1)C1=Nc2ccccc2C1. The molecule has 6 nitrogen and oxygen atoms in total. The predicted molar refractivity (Wildman–Crippen MR) is 121 cm³/mol. The number of hydrogen-bond acceptors (Lipinski definition) is 4. The van der Waals surface area contributed by atoms with Crippen molar-refractivity contribution in [2.24, 2.45) is 4.99 Å². The van der Waals surface area contributed by atoms with Gasteiger partial charge in [-0.25, -0.2) is 19.2 Å². The van der Waals surface area contributed by atoms with Crippen molar-refractivity contribution in [3.05, 3.63) is 88.8 Å². The summed E-state index contributed by atoms with van der Waals surface area (Å²) in [6, 6.07) is 14.2. The molecule has 0 bridgehead atoms. The molecule has 2 amide bonds. The van der Waals surface area contributed by atoms with Crippen molar-refractivity contribution in [2.75, 3.05) is 6.54 Å². The Morgan fingerprint density at radius 2 is 1.97 bits per heavy atom. The lowest BCUT2D eigenvalue weighted by Gasteiger charge is -2.29. The lowest BCUT2D eigenvalue weighted by Crippen LogP contribution is -2.48. The smallest absolute Gasteiger partial charge is 0.318 e. The Morgan fingerprint density at radius 3 is 2.78 bits per heavy atom. The van der Waals surface area contributed by atoms with E-state index in [1.807, 2.05) is 31.3 Å². The molecule has 3 heterocycles. The molecule has 2 aliphatic heterocycles. The second-order valence-corrected chi connectivity index (χ2v) is 8.31. The van der Waals surface area contributed by atoms with Crippen LogP contribution in [-0.2, 0) is 25.8 Å². The van der Waals surface area contributed by atoms with Gasteiger partial charge in [0.15, 0.2) is 0 Å². The van der Waals surface area contributed by atoms with Crippen molar-refractivity contribution in [3.63, 3.8) is 0 Å². The molecule has 1 aromatic heterocycles. The van der Waals surface area contributed by atoms with Crippen LogP contribution in [0.15, 0.2) is 59.7 Å². The molecule has 2 aliphatic rings. The standard InChI is InChI=1S/C25H24FN5O/c1-16(22-13-18-4-2-3-5-21(18)29-22)28-25(32)31-11-10-19-14-27-24(30-23(19)15-31)12-17-6-8-20(26)9-7-17/h2-9,14,16H,10-13,15H2,1H3,(H,28,32). The Labute approximate surface area is 186 Å². The largest absolute Gasteiger partial charge is 0.330 e. The molecule has 7 heteroatoms. The number of halogens is 1. The molecule has 5 rings (SSSR count). The van der Waals surface area contributed by atoms with Gasteiger partial charge in [0, 0.05) is 31.3 Å². The van der Waals surface area contributed by atoms with Crippen LogP contribution in [0.3, 0.4) is 0 Å². The first-order valence-corrected chi connectivity index (χ1v) is 10.8. The van der Waals surface area contributed by atoms with E-state index in [0.29, 0.717) is 25.3 Å². The van der Waals surface area contributed by atoms with Crippen LogP contribution < -0.4 is 5.32 Å². The fraction of sp³-hybridized carbons (Fsp3) is 0.280. The molecule has 1 atom stereocenters. The molecule has 0 spiro atoms. The van der Waals surface area contributed by atoms with Gasteiger partial charge in [0.25, 0.3) is 0 Å². The zero-order valence-corrected chi connectivity index (χ0v) is 17.9. The van der Waals surface area contributed by atoms with Gasteiger partial charge in [0.05, 0.1) is 24.0 Å². The van der Waals surface area contributed by atoms with Crippen LogP contribution in [0, 0.1) is 5.82 Å². The number of nitrogens with one attached hydrogen (secondary N) is 1. The van der Waals surface area contributed by atoms with Gasteiger partial charge in [-0.05, 0) is 48.2 Å². The molecular weight excluding hydrogens is 405 g/mol. The molecule has 0 saturated heterocycles. The summed E-state index contributed by atoms with van der Waals surface area (Å²) in [5, 5.41) is 3.09. The number of nitrogens with zero attached hydrogens (tertiary/aromatic N) is 4. The van der Waals surface area contributed by atoms with Crippen LogP contribution in [0.25, 0.3) is 0 Å². The minimum absolute atomic E-state index is 0.111. The van der Waals surface area contributed by atoms with Crippen molar-refractivity contribution >= 4 is 17.4 Å². The molecule has 1 unspecified atom stereocenters. The summed E-state index contributed by atoms with van der Waals surface area (Å²) in [5.74, 6) is 0.410. The van der Waals surface area contributed by atoms with Crippen molar-refractivity contribution < 1.29 is 9.18 Å². The molecule has 0 fully saturated rings. The lowest BCUT2D eigenvalue weighted by molar-refractivity contribution is 0.190. The van der Waals surface area contributed by atoms with E-state index in [9.17, 15) is 9.18 Å². The fourth-order valence-corrected chi connectivity index (χ4v) is 4.16. The van der Waals surface area contributed by atoms with E-state index in [2.05, 4.69) is 21.4 Å². The van der Waals surface area contributed by atoms with Crippen LogP contribution in [0.1, 0.15) is 35.1 Å². The highest BCUT2D eigenvalue weighted by Crippen LogP contribution is 2.27. The molecule has 3 aromatic rings. The topological polar surface area (TPSA) is 70.5 Å². The minimum atomic E-state index is -0.261. The molecule has 2 aromatic carbocycles. The van der Waals surface area contributed by atoms with Crippen LogP contribution in [0.4, 0.5) is 14.9 Å². The number of rotatable bonds is 4. The van der Waals surface area contributed by atoms with Gasteiger partial charge in [0.1, 0.15) is 11.6 Å². The monoisotopic (exact) mass is 429 g/mol. The van der Waals surface area contributed by atoms with Gasteiger partial charge in [-0.3, -0.25) is 4.99 Å². The average Bonchev–Trinajstić information content (AvgIpc) is 3.25. The summed E-state index contributed by atoms with van der Waals surface area (Å²) in [6.07, 6.45) is 3.86. The van der Waals surface area contributed by atoms with E-state index in [1.165, 1.54) is 17.7 Å². The molecule has 0 radical (unpaired) electrons. The molecule has 1 N–H and O–H groups in total. The first-order valence-electron chi connectivity index (χ1n) is 10.8. The maximum absolute atomic E-state index is 13.1. The summed E-state index contributed by atoms with van der Waals surface area (Å²) in [6.45, 7) is 3.04. The number of para-hydroxylation sites is 1. The second-order valence-electron chi connectivity index (χ2n) is 8.31. The van der Waals surface area contributed by atoms with E-state index in [0.717, 1.165) is 41.1 Å². The molecule has 0 saturated carbocycles. The van der Waals surface area contributed by atoms with Crippen molar-refractivity contribution in [1.29, 1.82) is 0 Å². The Bertz CT molecular complexity index is 1190. The van der Waals surface area contributed by atoms with Crippen LogP contribution in [0.2, 0.25) is 0 Å². The van der Waals surface area contributed by atoms with Crippen molar-refractivity contribution in [3.8, 4) is 0 Å². The molecule has 32 heavy (non-hydrogen) atoms. The third-order valence-corrected chi connectivity index (χ3v) is 6.03. The van der Waals surface area contributed by atoms with Gasteiger partial charge in [-0.1, -0.05) is 30.3 Å². The first kappa shape index (κ1) is 20.3. The predicted octanol–water partition coefficient (Wildman–Crippen LogP) is 3.99. The quantitative estimate of drug-likeness (QED) is 0.682. The maximum atomic E-state index is 13.1. The third kappa shape index (κ3) is 4.23. The number of urea groups is 1. The minimum Gasteiger partial charge on any atom is -0.330 e. The van der Waals surface area contributed by atoms with Gasteiger partial charge in [-0.15, -0.1) is 0 Å². The molecular formula is C25H24FN5O. The number of benzene rings is 2. The van der Waals surface area contributed by atoms with Crippen LogP contribution >= 0.6 is 0 Å². The zero-order chi connectivity index (χ0) is 22.1. The Morgan fingerprint density at radius 1 is 1.16 bits per heavy atom. The number of aliphatic imine (C=N–C) groups is 1. The van der Waals surface area contributed by atoms with E-state index in [-0.39, 0.29) is 17.9 Å². The second kappa shape index (κ2) is 8.49. The fourth-order valence-electron chi connectivity index (χ4n) is 4.16. The van der Waals surface area contributed by atoms with Gasteiger partial charge in [0.2, 0.25) is 0 Å². The van der Waals surface area contributed by atoms with Crippen molar-refractivity contribution in [2.45, 2.75) is 38.8 Å². The molecule has 0 aliphatic carbocycles. The van der Waals surface area contributed by atoms with Crippen LogP contribution in [-0.4, -0.2) is 39.2 Å². The number of hydrogen-bond donors (Lipinski definition) is 1. The first-order chi connectivity index (χ1) is 15.5. The van der Waals surface area contributed by atoms with E-state index >= 15 is 0 Å². The Kier molecular flexibility index (Phi) is 5.39. The third-order valence-electron chi connectivity index (χ3n) is 6.03. The van der Waals surface area contributed by atoms with Gasteiger partial charge in [-0.2, -0.15) is 0 Å². The summed E-state index contributed by atoms with van der Waals surface area (Å²) in [5.41, 5.74) is 6.05. The highest BCUT2D eigenvalue weighted by atomic mass is 19.1. The summed E-state index contributed by atoms with van der Waals surface area (Å²) in [4.78, 5) is 28.6. The van der Waals surface area contributed by atoms with E-state index in [4.69, 9.17) is 4.98 Å². The zero-order valence-electron chi connectivity index (χ0n) is 17.9. The van der Waals surface area contributed by atoms with Gasteiger partial charge >= 0.3 is 6.03 Å². The number of fused-ring (bicyclic) bond motifs is 2. The van der Waals surface area contributed by atoms with Gasteiger partial charge < -0.3 is 10.2 Å². The van der Waals surface area contributed by atoms with E-state index in [1.54, 1.807) is 17.0 Å². The highest BCUT2D eigenvalue weighted by molar-refractivity contribution is 5.99. The number of carbonyl (C=O) groups is 1. The lowest BCUT2D eigenvalue weighted by atomic mass is 10.1. The van der Waals surface area contributed by atoms with Crippen molar-refractivity contribution in [1.82, 2.24) is 20.2 Å². The van der Waals surface area contributed by atoms with Crippen LogP contribution in [0.5, 0.6) is 0 Å². The Hall–Kier alpha value is -3.61. The summed E-state index contributed by atoms with van der Waals surface area (Å²) < 4.78 is 13.1. The normalized spacial score (nSPS) is 15.6. The summed E-state index contributed by atoms with van der Waals surface area (Å²) >= 11 is 0. The number of carbonyl (C=O) groups excluding carboxylic acids is 1. The summed E-state index contributed by atoms with van der Waals surface area (Å²) in [7, 11) is 0. The highest BCUT2D eigenvalue weighted by Gasteiger charge is 2.26. The molecule has 162 valence electrons. The average molecular weight is 429 g/mol.